The second-order valence-corrected chi connectivity index (χ2v) is 14.6. The standard InChI is InChI=1S/C36H38Cl3N3O7S/c1-23(2)40-36(44)31(18-24-9-7-6-8-10-24)41(21-25-11-14-28(38)29(39)17-25)35(43)22-42(30-19-26(37)12-15-32(30)47-3)50(45,46)27-13-16-33(48-4)34(20-27)49-5/h6-17,19-20,23,31H,18,21-22H2,1-5H3,(H,40,44)/t31-/m0/s1. The van der Waals surface area contributed by atoms with Gasteiger partial charge in [0.25, 0.3) is 10.0 Å². The largest absolute Gasteiger partial charge is 0.495 e. The topological polar surface area (TPSA) is 114 Å². The van der Waals surface area contributed by atoms with E-state index in [4.69, 9.17) is 49.0 Å². The molecule has 0 saturated carbocycles. The van der Waals surface area contributed by atoms with Crippen LogP contribution in [0.5, 0.6) is 17.2 Å². The maximum absolute atomic E-state index is 14.8. The summed E-state index contributed by atoms with van der Waals surface area (Å²) >= 11 is 18.9. The minimum Gasteiger partial charge on any atom is -0.495 e. The van der Waals surface area contributed by atoms with Crippen molar-refractivity contribution in [3.05, 3.63) is 111 Å². The van der Waals surface area contributed by atoms with E-state index >= 15 is 0 Å². The van der Waals surface area contributed by atoms with Crippen LogP contribution in [0, 0.1) is 0 Å². The summed E-state index contributed by atoms with van der Waals surface area (Å²) in [6, 6.07) is 21.3. The molecular weight excluding hydrogens is 725 g/mol. The number of benzene rings is 4. The minimum atomic E-state index is -4.53. The van der Waals surface area contributed by atoms with Gasteiger partial charge < -0.3 is 24.4 Å². The molecule has 0 heterocycles. The van der Waals surface area contributed by atoms with Crippen molar-refractivity contribution in [2.75, 3.05) is 32.2 Å². The molecule has 4 rings (SSSR count). The first-order chi connectivity index (χ1) is 23.8. The van der Waals surface area contributed by atoms with E-state index in [2.05, 4.69) is 5.32 Å². The number of sulfonamides is 1. The normalized spacial score (nSPS) is 11.9. The highest BCUT2D eigenvalue weighted by Gasteiger charge is 2.36. The van der Waals surface area contributed by atoms with Crippen molar-refractivity contribution >= 4 is 62.3 Å². The number of rotatable bonds is 15. The Morgan fingerprint density at radius 3 is 2.04 bits per heavy atom. The summed E-state index contributed by atoms with van der Waals surface area (Å²) < 4.78 is 46.3. The molecule has 4 aromatic rings. The molecule has 1 N–H and O–H groups in total. The summed E-state index contributed by atoms with van der Waals surface area (Å²) in [5.74, 6) is -0.510. The molecule has 266 valence electrons. The van der Waals surface area contributed by atoms with Crippen LogP contribution >= 0.6 is 34.8 Å². The van der Waals surface area contributed by atoms with E-state index in [1.54, 1.807) is 18.2 Å². The third-order valence-electron chi connectivity index (χ3n) is 7.67. The van der Waals surface area contributed by atoms with Gasteiger partial charge in [0.1, 0.15) is 18.3 Å². The molecule has 0 saturated heterocycles. The Bertz CT molecular complexity index is 1930. The molecule has 10 nitrogen and oxygen atoms in total. The van der Waals surface area contributed by atoms with Gasteiger partial charge in [-0.3, -0.25) is 13.9 Å². The molecule has 0 spiro atoms. The van der Waals surface area contributed by atoms with Gasteiger partial charge in [-0.25, -0.2) is 8.42 Å². The zero-order valence-corrected chi connectivity index (χ0v) is 31.2. The van der Waals surface area contributed by atoms with Crippen molar-refractivity contribution in [1.29, 1.82) is 0 Å². The van der Waals surface area contributed by atoms with Crippen LogP contribution in [0.1, 0.15) is 25.0 Å². The van der Waals surface area contributed by atoms with Gasteiger partial charge in [0.2, 0.25) is 11.8 Å². The highest BCUT2D eigenvalue weighted by Crippen LogP contribution is 2.37. The molecule has 0 aliphatic carbocycles. The monoisotopic (exact) mass is 761 g/mol. The molecule has 0 unspecified atom stereocenters. The van der Waals surface area contributed by atoms with E-state index in [9.17, 15) is 18.0 Å². The van der Waals surface area contributed by atoms with Crippen LogP contribution in [0.2, 0.25) is 15.1 Å². The van der Waals surface area contributed by atoms with Crippen LogP contribution in [0.25, 0.3) is 0 Å². The fourth-order valence-corrected chi connectivity index (χ4v) is 7.16. The maximum Gasteiger partial charge on any atom is 0.265 e. The van der Waals surface area contributed by atoms with Crippen molar-refractivity contribution in [1.82, 2.24) is 10.2 Å². The lowest BCUT2D eigenvalue weighted by Crippen LogP contribution is -2.54. The van der Waals surface area contributed by atoms with E-state index in [1.165, 1.54) is 62.6 Å². The van der Waals surface area contributed by atoms with E-state index in [0.29, 0.717) is 16.3 Å². The molecule has 0 aromatic heterocycles. The number of carbonyl (C=O) groups is 2. The molecule has 0 aliphatic rings. The Hall–Kier alpha value is -4.16. The summed E-state index contributed by atoms with van der Waals surface area (Å²) in [6.07, 6.45) is 0.134. The number of amides is 2. The smallest absolute Gasteiger partial charge is 0.265 e. The molecule has 0 aliphatic heterocycles. The molecule has 0 bridgehead atoms. The van der Waals surface area contributed by atoms with Gasteiger partial charge >= 0.3 is 0 Å². The maximum atomic E-state index is 14.8. The van der Waals surface area contributed by atoms with E-state index in [0.717, 1.165) is 9.87 Å². The number of methoxy groups -OCH3 is 3. The van der Waals surface area contributed by atoms with Gasteiger partial charge in [-0.15, -0.1) is 0 Å². The van der Waals surface area contributed by atoms with Crippen LogP contribution in [-0.4, -0.2) is 65.1 Å². The van der Waals surface area contributed by atoms with Crippen molar-refractivity contribution in [2.24, 2.45) is 0 Å². The van der Waals surface area contributed by atoms with Crippen LogP contribution in [-0.2, 0) is 32.6 Å². The number of hydrogen-bond acceptors (Lipinski definition) is 7. The first kappa shape index (κ1) is 38.6. The Balaban J connectivity index is 1.90. The number of hydrogen-bond donors (Lipinski definition) is 1. The third-order valence-corrected chi connectivity index (χ3v) is 10.4. The molecular formula is C36H38Cl3N3O7S. The van der Waals surface area contributed by atoms with E-state index in [-0.39, 0.29) is 51.1 Å². The van der Waals surface area contributed by atoms with Gasteiger partial charge in [-0.1, -0.05) is 71.2 Å². The molecule has 0 radical (unpaired) electrons. The number of anilines is 1. The number of nitrogens with zero attached hydrogens (tertiary/aromatic N) is 2. The zero-order chi connectivity index (χ0) is 36.6. The second kappa shape index (κ2) is 17.2. The molecule has 50 heavy (non-hydrogen) atoms. The first-order valence-electron chi connectivity index (χ1n) is 15.4. The summed E-state index contributed by atoms with van der Waals surface area (Å²) in [6.45, 7) is 2.78. The highest BCUT2D eigenvalue weighted by atomic mass is 35.5. The van der Waals surface area contributed by atoms with E-state index in [1.807, 2.05) is 44.2 Å². The molecule has 1 atom stereocenters. The zero-order valence-electron chi connectivity index (χ0n) is 28.2. The second-order valence-electron chi connectivity index (χ2n) is 11.5. The van der Waals surface area contributed by atoms with Crippen LogP contribution in [0.4, 0.5) is 5.69 Å². The fourth-order valence-electron chi connectivity index (χ4n) is 5.24. The Morgan fingerprint density at radius 2 is 1.42 bits per heavy atom. The summed E-state index contributed by atoms with van der Waals surface area (Å²) in [5.41, 5.74) is 1.36. The Kier molecular flexibility index (Phi) is 13.3. The Morgan fingerprint density at radius 1 is 0.760 bits per heavy atom. The average molecular weight is 763 g/mol. The predicted octanol–water partition coefficient (Wildman–Crippen LogP) is 7.03. The lowest BCUT2D eigenvalue weighted by Gasteiger charge is -2.34. The lowest BCUT2D eigenvalue weighted by molar-refractivity contribution is -0.140. The van der Waals surface area contributed by atoms with Crippen LogP contribution in [0.15, 0.2) is 89.8 Å². The van der Waals surface area contributed by atoms with Gasteiger partial charge in [-0.05, 0) is 67.4 Å². The summed E-state index contributed by atoms with van der Waals surface area (Å²) in [5, 5.41) is 3.69. The number of carbonyl (C=O) groups excluding carboxylic acids is 2. The minimum absolute atomic E-state index is 0.00358. The molecule has 0 fully saturated rings. The molecule has 14 heteroatoms. The lowest BCUT2D eigenvalue weighted by atomic mass is 10.0. The van der Waals surface area contributed by atoms with Crippen molar-refractivity contribution in [3.63, 3.8) is 0 Å². The highest BCUT2D eigenvalue weighted by molar-refractivity contribution is 7.92. The van der Waals surface area contributed by atoms with Gasteiger partial charge in [0, 0.05) is 30.1 Å². The first-order valence-corrected chi connectivity index (χ1v) is 18.0. The van der Waals surface area contributed by atoms with Gasteiger partial charge in [0.05, 0.1) is 42.0 Å². The number of ether oxygens (including phenoxy) is 3. The summed E-state index contributed by atoms with van der Waals surface area (Å²) in [7, 11) is -0.344. The van der Waals surface area contributed by atoms with Crippen LogP contribution < -0.4 is 23.8 Å². The van der Waals surface area contributed by atoms with Crippen LogP contribution in [0.3, 0.4) is 0 Å². The fraction of sp³-hybridized carbons (Fsp3) is 0.278. The predicted molar refractivity (Wildman–Crippen MR) is 196 cm³/mol. The molecule has 4 aromatic carbocycles. The summed E-state index contributed by atoms with van der Waals surface area (Å²) in [4.78, 5) is 29.8. The number of halogens is 3. The third kappa shape index (κ3) is 9.33. The van der Waals surface area contributed by atoms with Crippen molar-refractivity contribution < 1.29 is 32.2 Å². The van der Waals surface area contributed by atoms with Crippen molar-refractivity contribution in [3.8, 4) is 17.2 Å². The average Bonchev–Trinajstić information content (AvgIpc) is 3.09. The van der Waals surface area contributed by atoms with Gasteiger partial charge in [0.15, 0.2) is 11.5 Å². The van der Waals surface area contributed by atoms with E-state index < -0.39 is 34.4 Å². The molecule has 2 amide bonds. The quantitative estimate of drug-likeness (QED) is 0.138. The number of nitrogens with one attached hydrogen (secondary N) is 1. The van der Waals surface area contributed by atoms with Crippen molar-refractivity contribution in [2.45, 2.75) is 43.8 Å². The Labute approximate surface area is 307 Å². The van der Waals surface area contributed by atoms with Gasteiger partial charge in [-0.2, -0.15) is 0 Å². The SMILES string of the molecule is COc1ccc(S(=O)(=O)N(CC(=O)N(Cc2ccc(Cl)c(Cl)c2)[C@@H](Cc2ccccc2)C(=O)NC(C)C)c2cc(Cl)ccc2OC)cc1OC.